The summed E-state index contributed by atoms with van der Waals surface area (Å²) >= 11 is 1.52. The van der Waals surface area contributed by atoms with Crippen molar-refractivity contribution in [3.63, 3.8) is 0 Å². The molecule has 1 N–H and O–H groups in total. The van der Waals surface area contributed by atoms with Crippen LogP contribution in [-0.2, 0) is 24.4 Å². The van der Waals surface area contributed by atoms with Crippen LogP contribution in [0.15, 0.2) is 18.2 Å². The number of para-hydroxylation sites is 1. The van der Waals surface area contributed by atoms with Crippen molar-refractivity contribution < 1.29 is 14.6 Å². The summed E-state index contributed by atoms with van der Waals surface area (Å²) in [6.45, 7) is 5.12. The molecule has 0 aliphatic heterocycles. The number of aliphatic hydroxyl groups is 1. The number of nitrogens with zero attached hydrogens (tertiary/aromatic N) is 1. The number of ether oxygens (including phenoxy) is 2. The van der Waals surface area contributed by atoms with Gasteiger partial charge in [-0.05, 0) is 25.0 Å². The van der Waals surface area contributed by atoms with Crippen LogP contribution in [0, 0.1) is 13.8 Å². The maximum absolute atomic E-state index is 9.32. The van der Waals surface area contributed by atoms with Gasteiger partial charge in [-0.3, -0.25) is 0 Å². The van der Waals surface area contributed by atoms with Gasteiger partial charge in [-0.15, -0.1) is 11.3 Å². The molecular weight excluding hydrogens is 286 g/mol. The topological polar surface area (TPSA) is 51.6 Å². The maximum Gasteiger partial charge on any atom is 0.125 e. The molecule has 0 saturated heterocycles. The third kappa shape index (κ3) is 4.03. The summed E-state index contributed by atoms with van der Waals surface area (Å²) in [5, 5.41) is 10.3. The van der Waals surface area contributed by atoms with Crippen molar-refractivity contribution in [2.24, 2.45) is 0 Å². The van der Waals surface area contributed by atoms with Crippen LogP contribution in [-0.4, -0.2) is 23.8 Å². The summed E-state index contributed by atoms with van der Waals surface area (Å²) in [7, 11) is 1.63. The van der Waals surface area contributed by atoms with E-state index in [-0.39, 0.29) is 6.61 Å². The lowest BCUT2D eigenvalue weighted by Gasteiger charge is -2.10. The molecule has 21 heavy (non-hydrogen) atoms. The first-order valence-corrected chi connectivity index (χ1v) is 7.73. The smallest absolute Gasteiger partial charge is 0.125 e. The molecule has 5 heteroatoms. The fourth-order valence-electron chi connectivity index (χ4n) is 2.18. The molecule has 2 aromatic rings. The third-order valence-corrected chi connectivity index (χ3v) is 4.36. The fraction of sp³-hybridized carbons (Fsp3) is 0.438. The van der Waals surface area contributed by atoms with Gasteiger partial charge in [-0.2, -0.15) is 0 Å². The number of aromatic nitrogens is 1. The van der Waals surface area contributed by atoms with Crippen LogP contribution >= 0.6 is 11.3 Å². The molecule has 0 aliphatic rings. The van der Waals surface area contributed by atoms with Gasteiger partial charge in [0.05, 0.1) is 35.4 Å². The maximum atomic E-state index is 9.32. The highest BCUT2D eigenvalue weighted by Crippen LogP contribution is 2.24. The van der Waals surface area contributed by atoms with E-state index in [1.54, 1.807) is 7.11 Å². The number of rotatable bonds is 7. The summed E-state index contributed by atoms with van der Waals surface area (Å²) in [6.07, 6.45) is 0.731. The molecule has 1 aromatic heterocycles. The minimum absolute atomic E-state index is 0.00805. The number of hydrogen-bond donors (Lipinski definition) is 1. The lowest BCUT2D eigenvalue weighted by molar-refractivity contribution is 0.178. The van der Waals surface area contributed by atoms with Gasteiger partial charge in [-0.1, -0.05) is 18.2 Å². The molecular formula is C16H21NO3S. The molecule has 0 bridgehead atoms. The molecule has 1 heterocycles. The number of aliphatic hydroxyl groups excluding tert-OH is 1. The largest absolute Gasteiger partial charge is 0.493 e. The van der Waals surface area contributed by atoms with E-state index in [4.69, 9.17) is 9.47 Å². The van der Waals surface area contributed by atoms with Crippen molar-refractivity contribution in [1.29, 1.82) is 0 Å². The normalized spacial score (nSPS) is 10.9. The number of thiazole rings is 1. The Balaban J connectivity index is 1.97. The average Bonchev–Trinajstić information content (AvgIpc) is 2.85. The zero-order chi connectivity index (χ0) is 15.2. The summed E-state index contributed by atoms with van der Waals surface area (Å²) in [6, 6.07) is 6.13. The fourth-order valence-corrected chi connectivity index (χ4v) is 3.10. The molecule has 0 aliphatic carbocycles. The Morgan fingerprint density at radius 2 is 1.95 bits per heavy atom. The molecule has 1 aromatic carbocycles. The van der Waals surface area contributed by atoms with Gasteiger partial charge in [0.15, 0.2) is 0 Å². The lowest BCUT2D eigenvalue weighted by atomic mass is 10.1. The Hall–Kier alpha value is -1.43. The van der Waals surface area contributed by atoms with Crippen molar-refractivity contribution in [1.82, 2.24) is 4.98 Å². The first-order valence-electron chi connectivity index (χ1n) is 6.92. The van der Waals surface area contributed by atoms with Gasteiger partial charge >= 0.3 is 0 Å². The number of aryl methyl sites for hydroxylation is 2. The first kappa shape index (κ1) is 15.9. The Morgan fingerprint density at radius 3 is 2.57 bits per heavy atom. The van der Waals surface area contributed by atoms with Crippen molar-refractivity contribution >= 4 is 11.3 Å². The van der Waals surface area contributed by atoms with Gasteiger partial charge in [0.1, 0.15) is 5.75 Å². The number of hydrogen-bond acceptors (Lipinski definition) is 5. The molecule has 0 spiro atoms. The average molecular weight is 307 g/mol. The molecule has 0 atom stereocenters. The molecule has 0 fully saturated rings. The number of methoxy groups -OCH3 is 1. The number of benzene rings is 1. The van der Waals surface area contributed by atoms with Gasteiger partial charge in [-0.25, -0.2) is 4.98 Å². The molecule has 0 radical (unpaired) electrons. The first-order chi connectivity index (χ1) is 10.2. The Kier molecular flexibility index (Phi) is 5.73. The van der Waals surface area contributed by atoms with Crippen LogP contribution in [0.1, 0.15) is 26.7 Å². The quantitative estimate of drug-likeness (QED) is 0.854. The van der Waals surface area contributed by atoms with Crippen LogP contribution in [0.3, 0.4) is 0 Å². The summed E-state index contributed by atoms with van der Waals surface area (Å²) < 4.78 is 11.0. The van der Waals surface area contributed by atoms with E-state index >= 15 is 0 Å². The van der Waals surface area contributed by atoms with E-state index < -0.39 is 0 Å². The van der Waals surface area contributed by atoms with E-state index in [0.717, 1.165) is 38.9 Å². The van der Waals surface area contributed by atoms with Crippen LogP contribution in [0.5, 0.6) is 5.75 Å². The Bertz CT molecular complexity index is 575. The van der Waals surface area contributed by atoms with Crippen molar-refractivity contribution in [2.75, 3.05) is 13.7 Å². The van der Waals surface area contributed by atoms with Crippen LogP contribution < -0.4 is 4.74 Å². The van der Waals surface area contributed by atoms with Crippen molar-refractivity contribution in [3.8, 4) is 5.75 Å². The lowest BCUT2D eigenvalue weighted by Crippen LogP contribution is -2.03. The third-order valence-electron chi connectivity index (χ3n) is 3.22. The summed E-state index contributed by atoms with van der Waals surface area (Å²) in [4.78, 5) is 5.37. The van der Waals surface area contributed by atoms with Crippen LogP contribution in [0.2, 0.25) is 0 Å². The van der Waals surface area contributed by atoms with Gasteiger partial charge in [0, 0.05) is 13.5 Å². The van der Waals surface area contributed by atoms with Gasteiger partial charge < -0.3 is 14.6 Å². The second-order valence-electron chi connectivity index (χ2n) is 4.89. The summed E-state index contributed by atoms with van der Waals surface area (Å²) in [5.41, 5.74) is 3.11. The monoisotopic (exact) mass is 307 g/mol. The highest BCUT2D eigenvalue weighted by Gasteiger charge is 2.11. The SMILES string of the molecule is COCc1nc(CCOc2c(C)cccc2C)sc1CO. The Morgan fingerprint density at radius 1 is 1.24 bits per heavy atom. The molecule has 4 nitrogen and oxygen atoms in total. The van der Waals surface area contributed by atoms with Crippen molar-refractivity contribution in [2.45, 2.75) is 33.5 Å². The molecule has 0 amide bonds. The molecule has 2 rings (SSSR count). The minimum atomic E-state index is 0.00805. The highest BCUT2D eigenvalue weighted by molar-refractivity contribution is 7.11. The molecule has 0 unspecified atom stereocenters. The predicted octanol–water partition coefficient (Wildman–Crippen LogP) is 3.02. The molecule has 0 saturated carbocycles. The summed E-state index contributed by atoms with van der Waals surface area (Å²) in [5.74, 6) is 0.952. The van der Waals surface area contributed by atoms with Crippen molar-refractivity contribution in [3.05, 3.63) is 44.9 Å². The van der Waals surface area contributed by atoms with E-state index in [1.807, 2.05) is 32.0 Å². The van der Waals surface area contributed by atoms with E-state index in [2.05, 4.69) is 4.98 Å². The second kappa shape index (κ2) is 7.54. The predicted molar refractivity (Wildman–Crippen MR) is 83.9 cm³/mol. The highest BCUT2D eigenvalue weighted by atomic mass is 32.1. The minimum Gasteiger partial charge on any atom is -0.493 e. The molecule has 114 valence electrons. The standard InChI is InChI=1S/C16H21NO3S/c1-11-5-4-6-12(2)16(11)20-8-7-15-17-13(10-19-3)14(9-18)21-15/h4-6,18H,7-10H2,1-3H3. The Labute approximate surface area is 129 Å². The second-order valence-corrected chi connectivity index (χ2v) is 6.06. The van der Waals surface area contributed by atoms with E-state index in [0.29, 0.717) is 13.2 Å². The van der Waals surface area contributed by atoms with E-state index in [9.17, 15) is 5.11 Å². The van der Waals surface area contributed by atoms with Gasteiger partial charge in [0.2, 0.25) is 0 Å². The van der Waals surface area contributed by atoms with Crippen LogP contribution in [0.4, 0.5) is 0 Å². The zero-order valence-corrected chi connectivity index (χ0v) is 13.5. The zero-order valence-electron chi connectivity index (χ0n) is 12.7. The van der Waals surface area contributed by atoms with Gasteiger partial charge in [0.25, 0.3) is 0 Å². The van der Waals surface area contributed by atoms with Crippen LogP contribution in [0.25, 0.3) is 0 Å². The van der Waals surface area contributed by atoms with E-state index in [1.165, 1.54) is 11.3 Å².